The van der Waals surface area contributed by atoms with Gasteiger partial charge >= 0.3 is 0 Å². The maximum atomic E-state index is 12.6. The fourth-order valence-corrected chi connectivity index (χ4v) is 2.42. The maximum Gasteiger partial charge on any atom is 0.244 e. The molecule has 0 heterocycles. The molecule has 0 saturated carbocycles. The molecule has 0 fully saturated rings. The van der Waals surface area contributed by atoms with Crippen LogP contribution >= 0.6 is 0 Å². The summed E-state index contributed by atoms with van der Waals surface area (Å²) in [6, 6.07) is 17.3. The lowest BCUT2D eigenvalue weighted by Gasteiger charge is -2.25. The number of hydrogen-bond donors (Lipinski definition) is 1. The smallest absolute Gasteiger partial charge is 0.244 e. The number of carbonyl (C=O) groups excluding carboxylic acids is 1. The topological polar surface area (TPSA) is 46.3 Å². The van der Waals surface area contributed by atoms with Crippen LogP contribution in [-0.2, 0) is 11.2 Å². The van der Waals surface area contributed by atoms with Crippen molar-refractivity contribution in [2.45, 2.75) is 26.3 Å². The third-order valence-corrected chi connectivity index (χ3v) is 3.51. The SMILES string of the molecule is CCN(C(=O)[C@@H](N)Cc1ccccc1)c1cccc(C)c1. The van der Waals surface area contributed by atoms with Crippen molar-refractivity contribution in [3.63, 3.8) is 0 Å². The molecule has 2 aromatic rings. The maximum absolute atomic E-state index is 12.6. The lowest BCUT2D eigenvalue weighted by Crippen LogP contribution is -2.45. The summed E-state index contributed by atoms with van der Waals surface area (Å²) in [4.78, 5) is 14.3. The Morgan fingerprint density at radius 1 is 1.14 bits per heavy atom. The van der Waals surface area contributed by atoms with Crippen molar-refractivity contribution in [1.29, 1.82) is 0 Å². The minimum absolute atomic E-state index is 0.0352. The Morgan fingerprint density at radius 3 is 2.48 bits per heavy atom. The van der Waals surface area contributed by atoms with E-state index in [4.69, 9.17) is 5.73 Å². The number of hydrogen-bond acceptors (Lipinski definition) is 2. The average molecular weight is 282 g/mol. The highest BCUT2D eigenvalue weighted by Gasteiger charge is 2.21. The second-order valence-corrected chi connectivity index (χ2v) is 5.22. The summed E-state index contributed by atoms with van der Waals surface area (Å²) >= 11 is 0. The summed E-state index contributed by atoms with van der Waals surface area (Å²) in [5, 5.41) is 0. The van der Waals surface area contributed by atoms with E-state index in [-0.39, 0.29) is 5.91 Å². The van der Waals surface area contributed by atoms with Gasteiger partial charge in [0, 0.05) is 12.2 Å². The first-order valence-corrected chi connectivity index (χ1v) is 7.29. The van der Waals surface area contributed by atoms with E-state index in [2.05, 4.69) is 0 Å². The van der Waals surface area contributed by atoms with Gasteiger partial charge in [-0.2, -0.15) is 0 Å². The first-order chi connectivity index (χ1) is 10.1. The predicted molar refractivity (Wildman–Crippen MR) is 87.3 cm³/mol. The van der Waals surface area contributed by atoms with E-state index in [1.807, 2.05) is 68.4 Å². The summed E-state index contributed by atoms with van der Waals surface area (Å²) < 4.78 is 0. The monoisotopic (exact) mass is 282 g/mol. The van der Waals surface area contributed by atoms with Gasteiger partial charge in [0.05, 0.1) is 6.04 Å². The lowest BCUT2D eigenvalue weighted by molar-refractivity contribution is -0.119. The van der Waals surface area contributed by atoms with Crippen molar-refractivity contribution in [3.05, 3.63) is 65.7 Å². The Bertz CT molecular complexity index is 595. The van der Waals surface area contributed by atoms with Crippen LogP contribution in [0.3, 0.4) is 0 Å². The summed E-state index contributed by atoms with van der Waals surface area (Å²) in [7, 11) is 0. The van der Waals surface area contributed by atoms with Gasteiger partial charge in [-0.05, 0) is 43.5 Å². The van der Waals surface area contributed by atoms with Crippen molar-refractivity contribution in [1.82, 2.24) is 0 Å². The number of likely N-dealkylation sites (N-methyl/N-ethyl adjacent to an activating group) is 1. The normalized spacial score (nSPS) is 12.0. The van der Waals surface area contributed by atoms with Crippen LogP contribution in [0.4, 0.5) is 5.69 Å². The minimum Gasteiger partial charge on any atom is -0.320 e. The van der Waals surface area contributed by atoms with E-state index in [1.165, 1.54) is 0 Å². The van der Waals surface area contributed by atoms with Crippen LogP contribution < -0.4 is 10.6 Å². The molecule has 21 heavy (non-hydrogen) atoms. The van der Waals surface area contributed by atoms with Crippen LogP contribution in [0.1, 0.15) is 18.1 Å². The number of rotatable bonds is 5. The fraction of sp³-hybridized carbons (Fsp3) is 0.278. The first kappa shape index (κ1) is 15.3. The molecule has 110 valence electrons. The molecule has 0 aliphatic carbocycles. The van der Waals surface area contributed by atoms with Crippen LogP contribution in [0.15, 0.2) is 54.6 Å². The van der Waals surface area contributed by atoms with Gasteiger partial charge in [-0.25, -0.2) is 0 Å². The van der Waals surface area contributed by atoms with Gasteiger partial charge in [0.15, 0.2) is 0 Å². The van der Waals surface area contributed by atoms with Crippen LogP contribution in [-0.4, -0.2) is 18.5 Å². The van der Waals surface area contributed by atoms with Crippen LogP contribution in [0.5, 0.6) is 0 Å². The van der Waals surface area contributed by atoms with Gasteiger partial charge in [0.1, 0.15) is 0 Å². The molecule has 0 bridgehead atoms. The Kier molecular flexibility index (Phi) is 5.12. The number of anilines is 1. The largest absolute Gasteiger partial charge is 0.320 e. The number of aryl methyl sites for hydroxylation is 1. The van der Waals surface area contributed by atoms with Crippen molar-refractivity contribution >= 4 is 11.6 Å². The second kappa shape index (κ2) is 7.04. The molecule has 1 atom stereocenters. The lowest BCUT2D eigenvalue weighted by atomic mass is 10.1. The Morgan fingerprint density at radius 2 is 1.86 bits per heavy atom. The number of nitrogens with zero attached hydrogens (tertiary/aromatic N) is 1. The molecular weight excluding hydrogens is 260 g/mol. The summed E-state index contributed by atoms with van der Waals surface area (Å²) in [5.41, 5.74) is 9.23. The Labute approximate surface area is 126 Å². The Balaban J connectivity index is 2.12. The minimum atomic E-state index is -0.520. The predicted octanol–water partition coefficient (Wildman–Crippen LogP) is 2.92. The molecule has 0 spiro atoms. The van der Waals surface area contributed by atoms with Crippen molar-refractivity contribution < 1.29 is 4.79 Å². The van der Waals surface area contributed by atoms with Crippen molar-refractivity contribution in [2.24, 2.45) is 5.73 Å². The number of carbonyl (C=O) groups is 1. The third-order valence-electron chi connectivity index (χ3n) is 3.51. The molecule has 0 aromatic heterocycles. The van der Waals surface area contributed by atoms with Gasteiger partial charge < -0.3 is 10.6 Å². The van der Waals surface area contributed by atoms with Crippen LogP contribution in [0.2, 0.25) is 0 Å². The fourth-order valence-electron chi connectivity index (χ4n) is 2.42. The molecule has 0 radical (unpaired) electrons. The van der Waals surface area contributed by atoms with Crippen LogP contribution in [0.25, 0.3) is 0 Å². The standard InChI is InChI=1S/C18H22N2O/c1-3-20(16-11-7-8-14(2)12-16)18(21)17(19)13-15-9-5-4-6-10-15/h4-12,17H,3,13,19H2,1-2H3/t17-/m0/s1. The van der Waals surface area contributed by atoms with Gasteiger partial charge in [0.2, 0.25) is 5.91 Å². The molecule has 3 heteroatoms. The summed E-state index contributed by atoms with van der Waals surface area (Å²) in [6.07, 6.45) is 0.558. The van der Waals surface area contributed by atoms with Gasteiger partial charge in [-0.3, -0.25) is 4.79 Å². The Hall–Kier alpha value is -2.13. The quantitative estimate of drug-likeness (QED) is 0.916. The highest BCUT2D eigenvalue weighted by molar-refractivity contribution is 5.97. The molecule has 0 aliphatic heterocycles. The first-order valence-electron chi connectivity index (χ1n) is 7.29. The van der Waals surface area contributed by atoms with E-state index < -0.39 is 6.04 Å². The highest BCUT2D eigenvalue weighted by Crippen LogP contribution is 2.17. The molecule has 2 aromatic carbocycles. The van der Waals surface area contributed by atoms with E-state index in [0.29, 0.717) is 13.0 Å². The average Bonchev–Trinajstić information content (AvgIpc) is 2.49. The van der Waals surface area contributed by atoms with Gasteiger partial charge in [-0.15, -0.1) is 0 Å². The number of benzene rings is 2. The van der Waals surface area contributed by atoms with E-state index in [1.54, 1.807) is 4.90 Å². The third kappa shape index (κ3) is 3.92. The zero-order chi connectivity index (χ0) is 15.2. The van der Waals surface area contributed by atoms with Gasteiger partial charge in [0.25, 0.3) is 0 Å². The van der Waals surface area contributed by atoms with E-state index in [0.717, 1.165) is 16.8 Å². The van der Waals surface area contributed by atoms with Crippen LogP contribution in [0, 0.1) is 6.92 Å². The zero-order valence-corrected chi connectivity index (χ0v) is 12.6. The number of nitrogens with two attached hydrogens (primary N) is 1. The molecule has 0 aliphatic rings. The van der Waals surface area contributed by atoms with Crippen molar-refractivity contribution in [3.8, 4) is 0 Å². The summed E-state index contributed by atoms with van der Waals surface area (Å²) in [6.45, 7) is 4.60. The molecule has 0 saturated heterocycles. The highest BCUT2D eigenvalue weighted by atomic mass is 16.2. The molecule has 2 N–H and O–H groups in total. The van der Waals surface area contributed by atoms with E-state index >= 15 is 0 Å². The zero-order valence-electron chi connectivity index (χ0n) is 12.6. The van der Waals surface area contributed by atoms with Crippen molar-refractivity contribution in [2.75, 3.05) is 11.4 Å². The second-order valence-electron chi connectivity index (χ2n) is 5.22. The molecule has 0 unspecified atom stereocenters. The molecular formula is C18H22N2O. The van der Waals surface area contributed by atoms with Gasteiger partial charge in [-0.1, -0.05) is 42.5 Å². The molecule has 2 rings (SSSR count). The summed E-state index contributed by atoms with van der Waals surface area (Å²) in [5.74, 6) is -0.0352. The number of amides is 1. The molecule has 3 nitrogen and oxygen atoms in total. The molecule has 1 amide bonds. The van der Waals surface area contributed by atoms with E-state index in [9.17, 15) is 4.79 Å².